The maximum atomic E-state index is 12.2. The van der Waals surface area contributed by atoms with Crippen molar-refractivity contribution in [3.05, 3.63) is 11.8 Å². The minimum atomic E-state index is -1.24. The van der Waals surface area contributed by atoms with Crippen molar-refractivity contribution >= 4 is 35.5 Å². The van der Waals surface area contributed by atoms with Crippen LogP contribution in [0, 0.1) is 0 Å². The molecular formula is C14H19N3O7S. The highest BCUT2D eigenvalue weighted by atomic mass is 32.2. The summed E-state index contributed by atoms with van der Waals surface area (Å²) in [6.45, 7) is 0. The van der Waals surface area contributed by atoms with E-state index in [4.69, 9.17) is 15.9 Å². The van der Waals surface area contributed by atoms with Crippen LogP contribution in [0.2, 0.25) is 0 Å². The van der Waals surface area contributed by atoms with Crippen LogP contribution in [0.5, 0.6) is 0 Å². The van der Waals surface area contributed by atoms with Crippen molar-refractivity contribution in [3.63, 3.8) is 0 Å². The molecule has 2 aliphatic rings. The molecule has 0 spiro atoms. The highest BCUT2D eigenvalue weighted by molar-refractivity contribution is 8.00. The number of nitrogens with zero attached hydrogens (tertiary/aromatic N) is 1. The van der Waals surface area contributed by atoms with Crippen LogP contribution in [-0.4, -0.2) is 73.2 Å². The number of carboxylic acid groups (broad SMARTS) is 2. The fourth-order valence-corrected chi connectivity index (χ4v) is 4.11. The molecule has 2 fully saturated rings. The topological polar surface area (TPSA) is 170 Å². The molecule has 2 amide bonds. The largest absolute Gasteiger partial charge is 0.516 e. The van der Waals surface area contributed by atoms with Gasteiger partial charge in [0.15, 0.2) is 6.04 Å². The molecule has 10 nitrogen and oxygen atoms in total. The molecule has 2 saturated heterocycles. The molecule has 1 unspecified atom stereocenters. The van der Waals surface area contributed by atoms with E-state index >= 15 is 0 Å². The Kier molecular flexibility index (Phi) is 5.90. The van der Waals surface area contributed by atoms with Gasteiger partial charge in [-0.3, -0.25) is 14.4 Å². The molecule has 0 aromatic heterocycles. The molecule has 0 bridgehead atoms. The normalized spacial score (nSPS) is 28.0. The van der Waals surface area contributed by atoms with Gasteiger partial charge in [0, 0.05) is 17.7 Å². The molecule has 2 heterocycles. The zero-order valence-corrected chi connectivity index (χ0v) is 13.9. The number of amides is 2. The van der Waals surface area contributed by atoms with Crippen LogP contribution < -0.4 is 11.1 Å². The van der Waals surface area contributed by atoms with E-state index < -0.39 is 47.3 Å². The number of aliphatic hydroxyl groups excluding tert-OH is 1. The maximum absolute atomic E-state index is 12.2. The molecule has 25 heavy (non-hydrogen) atoms. The third-order valence-electron chi connectivity index (χ3n) is 4.08. The van der Waals surface area contributed by atoms with E-state index in [9.17, 15) is 24.3 Å². The minimum absolute atomic E-state index is 0.0201. The highest BCUT2D eigenvalue weighted by Gasteiger charge is 2.56. The highest BCUT2D eigenvalue weighted by Crippen LogP contribution is 2.40. The summed E-state index contributed by atoms with van der Waals surface area (Å²) >= 11 is 1.25. The first-order valence-corrected chi connectivity index (χ1v) is 8.60. The Bertz CT molecular complexity index is 624. The summed E-state index contributed by atoms with van der Waals surface area (Å²) in [6.07, 6.45) is 1.12. The van der Waals surface area contributed by atoms with Crippen LogP contribution in [-0.2, 0) is 19.2 Å². The zero-order chi connectivity index (χ0) is 18.7. The lowest BCUT2D eigenvalue weighted by atomic mass is 9.98. The van der Waals surface area contributed by atoms with Gasteiger partial charge in [-0.1, -0.05) is 0 Å². The number of rotatable bonds is 7. The molecule has 138 valence electrons. The molecule has 0 saturated carbocycles. The van der Waals surface area contributed by atoms with Crippen LogP contribution in [0.4, 0.5) is 0 Å². The number of aliphatic carboxylic acids is 2. The van der Waals surface area contributed by atoms with E-state index in [-0.39, 0.29) is 30.6 Å². The van der Waals surface area contributed by atoms with E-state index in [0.29, 0.717) is 6.26 Å². The molecule has 0 aromatic carbocycles. The standard InChI is InChI=1S/C14H19N3O7S/c15-7(13(21)22)2-1-3-8(19)16-9-11(20)17-10(14(23)24)6(4-18)5-25-12(9)17/h4,7,9-10,12,18H,1-3,5,15H2,(H,16,19)(H,21,22)(H,23,24)/b6-4+/t7-,9+,10?,12-/m1/s1. The van der Waals surface area contributed by atoms with Crippen molar-refractivity contribution in [2.24, 2.45) is 5.73 Å². The van der Waals surface area contributed by atoms with Gasteiger partial charge in [-0.25, -0.2) is 4.79 Å². The summed E-state index contributed by atoms with van der Waals surface area (Å²) < 4.78 is 0. The lowest BCUT2D eigenvalue weighted by molar-refractivity contribution is -0.160. The van der Waals surface area contributed by atoms with Crippen molar-refractivity contribution in [2.45, 2.75) is 42.8 Å². The van der Waals surface area contributed by atoms with Gasteiger partial charge in [-0.05, 0) is 12.8 Å². The third kappa shape index (κ3) is 3.87. The molecule has 4 atom stereocenters. The van der Waals surface area contributed by atoms with Crippen molar-refractivity contribution < 1.29 is 34.5 Å². The van der Waals surface area contributed by atoms with E-state index in [2.05, 4.69) is 5.32 Å². The Labute approximate surface area is 147 Å². The van der Waals surface area contributed by atoms with Crippen LogP contribution in [0.1, 0.15) is 19.3 Å². The smallest absolute Gasteiger partial charge is 0.330 e. The molecule has 2 aliphatic heterocycles. The lowest BCUT2D eigenvalue weighted by Crippen LogP contribution is -2.74. The van der Waals surface area contributed by atoms with E-state index in [1.54, 1.807) is 0 Å². The molecule has 2 rings (SSSR count). The van der Waals surface area contributed by atoms with Crippen molar-refractivity contribution in [1.29, 1.82) is 0 Å². The van der Waals surface area contributed by atoms with Gasteiger partial charge >= 0.3 is 11.9 Å². The fraction of sp³-hybridized carbons (Fsp3) is 0.571. The molecular weight excluding hydrogens is 354 g/mol. The van der Waals surface area contributed by atoms with Crippen molar-refractivity contribution in [3.8, 4) is 0 Å². The zero-order valence-electron chi connectivity index (χ0n) is 13.1. The van der Waals surface area contributed by atoms with Crippen LogP contribution >= 0.6 is 11.8 Å². The number of aliphatic hydroxyl groups is 1. The number of carboxylic acids is 2. The fourth-order valence-electron chi connectivity index (χ4n) is 2.75. The molecule has 6 N–H and O–H groups in total. The van der Waals surface area contributed by atoms with Crippen LogP contribution in [0.3, 0.4) is 0 Å². The SMILES string of the molecule is N[C@H](CCCC(=O)N[C@H]1C(=O)N2C(C(=O)O)/C(=C/O)CS[C@H]12)C(=O)O. The summed E-state index contributed by atoms with van der Waals surface area (Å²) in [5.41, 5.74) is 5.56. The lowest BCUT2D eigenvalue weighted by Gasteiger charge is -2.52. The average molecular weight is 373 g/mol. The summed E-state index contributed by atoms with van der Waals surface area (Å²) in [4.78, 5) is 47.2. The Morgan fingerprint density at radius 3 is 2.64 bits per heavy atom. The first-order valence-electron chi connectivity index (χ1n) is 7.55. The molecule has 0 aromatic rings. The second-order valence-corrected chi connectivity index (χ2v) is 6.88. The Hall–Kier alpha value is -2.27. The maximum Gasteiger partial charge on any atom is 0.330 e. The number of carbonyl (C=O) groups is 4. The predicted molar refractivity (Wildman–Crippen MR) is 86.6 cm³/mol. The first-order chi connectivity index (χ1) is 11.8. The van der Waals surface area contributed by atoms with Crippen LogP contribution in [0.15, 0.2) is 11.8 Å². The average Bonchev–Trinajstić information content (AvgIpc) is 2.57. The number of hydrogen-bond donors (Lipinski definition) is 5. The van der Waals surface area contributed by atoms with Gasteiger partial charge in [-0.2, -0.15) is 0 Å². The van der Waals surface area contributed by atoms with Crippen LogP contribution in [0.25, 0.3) is 0 Å². The third-order valence-corrected chi connectivity index (χ3v) is 5.42. The molecule has 0 aliphatic carbocycles. The van der Waals surface area contributed by atoms with Gasteiger partial charge in [0.05, 0.1) is 6.26 Å². The van der Waals surface area contributed by atoms with Gasteiger partial charge in [-0.15, -0.1) is 11.8 Å². The van der Waals surface area contributed by atoms with Gasteiger partial charge in [0.2, 0.25) is 11.8 Å². The first kappa shape index (κ1) is 19.1. The molecule has 0 radical (unpaired) electrons. The Morgan fingerprint density at radius 1 is 1.40 bits per heavy atom. The van der Waals surface area contributed by atoms with Gasteiger partial charge in [0.25, 0.3) is 0 Å². The minimum Gasteiger partial charge on any atom is -0.516 e. The number of nitrogens with one attached hydrogen (secondary N) is 1. The number of nitrogens with two attached hydrogens (primary N) is 1. The Balaban J connectivity index is 1.89. The molecule has 11 heteroatoms. The summed E-state index contributed by atoms with van der Waals surface area (Å²) in [7, 11) is 0. The quantitative estimate of drug-likeness (QED) is 0.273. The summed E-state index contributed by atoms with van der Waals surface area (Å²) in [6, 6.07) is -3.10. The predicted octanol–water partition coefficient (Wildman–Crippen LogP) is -1.14. The number of β-lactam (4-membered cyclic amide) rings is 1. The van der Waals surface area contributed by atoms with Crippen molar-refractivity contribution in [1.82, 2.24) is 10.2 Å². The number of carbonyl (C=O) groups excluding carboxylic acids is 2. The van der Waals surface area contributed by atoms with E-state index in [1.165, 1.54) is 11.8 Å². The monoisotopic (exact) mass is 373 g/mol. The number of thioether (sulfide) groups is 1. The summed E-state index contributed by atoms with van der Waals surface area (Å²) in [5.74, 6) is -3.10. The van der Waals surface area contributed by atoms with E-state index in [0.717, 1.165) is 4.90 Å². The Morgan fingerprint density at radius 2 is 2.08 bits per heavy atom. The van der Waals surface area contributed by atoms with Gasteiger partial charge < -0.3 is 31.3 Å². The second kappa shape index (κ2) is 7.74. The number of hydrogen-bond acceptors (Lipinski definition) is 7. The van der Waals surface area contributed by atoms with Gasteiger partial charge in [0.1, 0.15) is 17.5 Å². The second-order valence-electron chi connectivity index (χ2n) is 5.77. The summed E-state index contributed by atoms with van der Waals surface area (Å²) in [5, 5.41) is 29.1. The van der Waals surface area contributed by atoms with E-state index in [1.807, 2.05) is 0 Å². The number of fused-ring (bicyclic) bond motifs is 1. The van der Waals surface area contributed by atoms with Crippen molar-refractivity contribution in [2.75, 3.05) is 5.75 Å².